The fraction of sp³-hybridized carbons (Fsp3) is 0.600. The molecule has 1 aromatic rings. The summed E-state index contributed by atoms with van der Waals surface area (Å²) in [4.78, 5) is 0. The van der Waals surface area contributed by atoms with Crippen LogP contribution in [0.25, 0.3) is 0 Å². The van der Waals surface area contributed by atoms with Gasteiger partial charge < -0.3 is 14.8 Å². The van der Waals surface area contributed by atoms with Crippen molar-refractivity contribution in [3.63, 3.8) is 0 Å². The molecule has 110 valence electrons. The van der Waals surface area contributed by atoms with Gasteiger partial charge in [-0.1, -0.05) is 0 Å². The molecule has 2 heterocycles. The van der Waals surface area contributed by atoms with Crippen LogP contribution in [0.3, 0.4) is 0 Å². The van der Waals surface area contributed by atoms with Gasteiger partial charge in [-0.15, -0.1) is 0 Å². The van der Waals surface area contributed by atoms with Crippen LogP contribution in [0, 0.1) is 0 Å². The number of halogens is 2. The molecule has 1 unspecified atom stereocenters. The van der Waals surface area contributed by atoms with Gasteiger partial charge in [-0.3, -0.25) is 0 Å². The van der Waals surface area contributed by atoms with Crippen LogP contribution in [0.4, 0.5) is 8.78 Å². The lowest BCUT2D eigenvalue weighted by atomic mass is 9.98. The lowest BCUT2D eigenvalue weighted by Gasteiger charge is -2.24. The summed E-state index contributed by atoms with van der Waals surface area (Å²) in [5, 5.41) is 3.39. The quantitative estimate of drug-likeness (QED) is 0.925. The molecule has 1 atom stereocenters. The first-order chi connectivity index (χ1) is 9.54. The molecule has 2 aliphatic heterocycles. The fourth-order valence-corrected chi connectivity index (χ4v) is 2.83. The molecule has 0 amide bonds. The number of benzene rings is 1. The largest absolute Gasteiger partial charge is 0.486 e. The lowest BCUT2D eigenvalue weighted by molar-refractivity contribution is 0.0168. The molecule has 0 radical (unpaired) electrons. The Balaban J connectivity index is 1.96. The number of hydrogen-bond acceptors (Lipinski definition) is 3. The second kappa shape index (κ2) is 5.20. The first-order valence-electron chi connectivity index (χ1n) is 7.08. The maximum absolute atomic E-state index is 13.6. The van der Waals surface area contributed by atoms with Crippen molar-refractivity contribution in [2.24, 2.45) is 0 Å². The van der Waals surface area contributed by atoms with E-state index in [4.69, 9.17) is 9.47 Å². The van der Waals surface area contributed by atoms with Gasteiger partial charge in [0.2, 0.25) is 0 Å². The van der Waals surface area contributed by atoms with Gasteiger partial charge in [-0.25, -0.2) is 8.78 Å². The average molecular weight is 283 g/mol. The Morgan fingerprint density at radius 2 is 2.10 bits per heavy atom. The second-order valence-corrected chi connectivity index (χ2v) is 5.55. The standard InChI is InChI=1S/C15H19F2NO2/c1-15(16,17)11-7-10(8-12-3-2-4-18-12)14-13(9-11)19-5-6-20-14/h7,9,12,18H,2-6,8H2,1H3. The topological polar surface area (TPSA) is 30.5 Å². The summed E-state index contributed by atoms with van der Waals surface area (Å²) < 4.78 is 38.3. The number of hydrogen-bond donors (Lipinski definition) is 1. The highest BCUT2D eigenvalue weighted by atomic mass is 19.3. The van der Waals surface area contributed by atoms with E-state index in [1.165, 1.54) is 6.07 Å². The normalized spacial score (nSPS) is 22.1. The highest BCUT2D eigenvalue weighted by Crippen LogP contribution is 2.40. The van der Waals surface area contributed by atoms with Gasteiger partial charge in [0.25, 0.3) is 5.92 Å². The molecule has 2 aliphatic rings. The molecule has 0 aliphatic carbocycles. The Morgan fingerprint density at radius 1 is 1.30 bits per heavy atom. The third-order valence-corrected chi connectivity index (χ3v) is 3.85. The summed E-state index contributed by atoms with van der Waals surface area (Å²) in [6, 6.07) is 3.30. The number of fused-ring (bicyclic) bond motifs is 1. The number of ether oxygens (including phenoxy) is 2. The van der Waals surface area contributed by atoms with E-state index in [0.29, 0.717) is 37.2 Å². The molecule has 1 saturated heterocycles. The van der Waals surface area contributed by atoms with Crippen molar-refractivity contribution in [3.05, 3.63) is 23.3 Å². The molecule has 5 heteroatoms. The smallest absolute Gasteiger partial charge is 0.270 e. The first kappa shape index (κ1) is 13.6. The van der Waals surface area contributed by atoms with E-state index in [1.54, 1.807) is 6.07 Å². The molecule has 1 aromatic carbocycles. The van der Waals surface area contributed by atoms with E-state index >= 15 is 0 Å². The summed E-state index contributed by atoms with van der Waals surface area (Å²) in [5.74, 6) is -1.78. The Hall–Kier alpha value is -1.36. The van der Waals surface area contributed by atoms with Gasteiger partial charge >= 0.3 is 0 Å². The van der Waals surface area contributed by atoms with Gasteiger partial charge in [0.1, 0.15) is 13.2 Å². The molecule has 20 heavy (non-hydrogen) atoms. The molecule has 0 bridgehead atoms. The predicted octanol–water partition coefficient (Wildman–Crippen LogP) is 2.86. The van der Waals surface area contributed by atoms with Gasteiger partial charge in [0.15, 0.2) is 11.5 Å². The van der Waals surface area contributed by atoms with Crippen LogP contribution in [-0.4, -0.2) is 25.8 Å². The van der Waals surface area contributed by atoms with E-state index in [1.807, 2.05) is 0 Å². The van der Waals surface area contributed by atoms with E-state index < -0.39 is 5.92 Å². The average Bonchev–Trinajstić information content (AvgIpc) is 2.90. The van der Waals surface area contributed by atoms with Gasteiger partial charge in [-0.05, 0) is 37.9 Å². The van der Waals surface area contributed by atoms with Crippen molar-refractivity contribution in [2.45, 2.75) is 38.2 Å². The van der Waals surface area contributed by atoms with E-state index in [2.05, 4.69) is 5.32 Å². The van der Waals surface area contributed by atoms with Crippen LogP contribution < -0.4 is 14.8 Å². The zero-order chi connectivity index (χ0) is 14.2. The molecule has 3 nitrogen and oxygen atoms in total. The Kier molecular flexibility index (Phi) is 3.54. The van der Waals surface area contributed by atoms with Crippen LogP contribution >= 0.6 is 0 Å². The Morgan fingerprint density at radius 3 is 2.80 bits per heavy atom. The van der Waals surface area contributed by atoms with Crippen LogP contribution in [0.5, 0.6) is 11.5 Å². The highest BCUT2D eigenvalue weighted by molar-refractivity contribution is 5.51. The highest BCUT2D eigenvalue weighted by Gasteiger charge is 2.29. The molecule has 3 rings (SSSR count). The second-order valence-electron chi connectivity index (χ2n) is 5.55. The SMILES string of the molecule is CC(F)(F)c1cc(CC2CCCN2)c2c(c1)OCCO2. The molecular weight excluding hydrogens is 264 g/mol. The third-order valence-electron chi connectivity index (χ3n) is 3.85. The van der Waals surface area contributed by atoms with Crippen molar-refractivity contribution >= 4 is 0 Å². The van der Waals surface area contributed by atoms with Crippen molar-refractivity contribution < 1.29 is 18.3 Å². The van der Waals surface area contributed by atoms with E-state index in [0.717, 1.165) is 31.9 Å². The molecule has 1 fully saturated rings. The minimum atomic E-state index is -2.87. The number of alkyl halides is 2. The zero-order valence-electron chi connectivity index (χ0n) is 11.5. The summed E-state index contributed by atoms with van der Waals surface area (Å²) in [6.07, 6.45) is 2.91. The lowest BCUT2D eigenvalue weighted by Crippen LogP contribution is -2.25. The summed E-state index contributed by atoms with van der Waals surface area (Å²) in [6.45, 7) is 2.79. The Labute approximate surface area is 117 Å². The summed E-state index contributed by atoms with van der Waals surface area (Å²) in [7, 11) is 0. The molecule has 0 saturated carbocycles. The van der Waals surface area contributed by atoms with Crippen molar-refractivity contribution in [3.8, 4) is 11.5 Å². The molecule has 0 spiro atoms. The number of nitrogens with one attached hydrogen (secondary N) is 1. The van der Waals surface area contributed by atoms with E-state index in [9.17, 15) is 8.78 Å². The third kappa shape index (κ3) is 2.73. The number of rotatable bonds is 3. The van der Waals surface area contributed by atoms with Crippen LogP contribution in [0.1, 0.15) is 30.9 Å². The summed E-state index contributed by atoms with van der Waals surface area (Å²) in [5.41, 5.74) is 0.813. The zero-order valence-corrected chi connectivity index (χ0v) is 11.5. The van der Waals surface area contributed by atoms with Crippen molar-refractivity contribution in [1.29, 1.82) is 0 Å². The van der Waals surface area contributed by atoms with Crippen LogP contribution in [-0.2, 0) is 12.3 Å². The van der Waals surface area contributed by atoms with E-state index in [-0.39, 0.29) is 5.56 Å². The first-order valence-corrected chi connectivity index (χ1v) is 7.08. The molecular formula is C15H19F2NO2. The summed E-state index contributed by atoms with van der Waals surface area (Å²) >= 11 is 0. The maximum atomic E-state index is 13.6. The molecule has 0 aromatic heterocycles. The molecule has 1 N–H and O–H groups in total. The van der Waals surface area contributed by atoms with Gasteiger partial charge in [-0.2, -0.15) is 0 Å². The van der Waals surface area contributed by atoms with Crippen LogP contribution in [0.2, 0.25) is 0 Å². The predicted molar refractivity (Wildman–Crippen MR) is 71.7 cm³/mol. The minimum Gasteiger partial charge on any atom is -0.486 e. The fourth-order valence-electron chi connectivity index (χ4n) is 2.83. The monoisotopic (exact) mass is 283 g/mol. The van der Waals surface area contributed by atoms with Crippen molar-refractivity contribution in [1.82, 2.24) is 5.32 Å². The van der Waals surface area contributed by atoms with Crippen LogP contribution in [0.15, 0.2) is 12.1 Å². The Bertz CT molecular complexity index is 493. The van der Waals surface area contributed by atoms with Gasteiger partial charge in [0, 0.05) is 24.1 Å². The minimum absolute atomic E-state index is 0.00486. The van der Waals surface area contributed by atoms with Gasteiger partial charge in [0.05, 0.1) is 0 Å². The maximum Gasteiger partial charge on any atom is 0.270 e. The van der Waals surface area contributed by atoms with Crippen molar-refractivity contribution in [2.75, 3.05) is 19.8 Å².